The van der Waals surface area contributed by atoms with Crippen molar-refractivity contribution in [2.24, 2.45) is 0 Å². The zero-order valence-corrected chi connectivity index (χ0v) is 20.8. The van der Waals surface area contributed by atoms with Crippen LogP contribution in [0.3, 0.4) is 0 Å². The Morgan fingerprint density at radius 1 is 1.09 bits per heavy atom. The number of methoxy groups -OCH3 is 1. The van der Waals surface area contributed by atoms with Crippen molar-refractivity contribution in [3.63, 3.8) is 0 Å². The van der Waals surface area contributed by atoms with E-state index in [2.05, 4.69) is 22.4 Å². The number of carbonyl (C=O) groups is 1. The number of hydrogen-bond donors (Lipinski definition) is 0. The Morgan fingerprint density at radius 3 is 2.56 bits per heavy atom. The minimum absolute atomic E-state index is 0.0288. The lowest BCUT2D eigenvalue weighted by atomic mass is 10.1. The van der Waals surface area contributed by atoms with Crippen LogP contribution >= 0.6 is 11.3 Å². The van der Waals surface area contributed by atoms with Gasteiger partial charge in [-0.2, -0.15) is 0 Å². The lowest BCUT2D eigenvalue weighted by Gasteiger charge is -2.33. The number of rotatable bonds is 8. The second-order valence-corrected chi connectivity index (χ2v) is 9.38. The van der Waals surface area contributed by atoms with Gasteiger partial charge in [-0.3, -0.25) is 9.69 Å². The average molecular weight is 478 g/mol. The molecule has 1 aliphatic heterocycles. The molecule has 0 radical (unpaired) electrons. The van der Waals surface area contributed by atoms with Crippen molar-refractivity contribution in [2.45, 2.75) is 26.5 Å². The van der Waals surface area contributed by atoms with Crippen LogP contribution in [0.4, 0.5) is 0 Å². The van der Waals surface area contributed by atoms with Crippen molar-refractivity contribution in [3.8, 4) is 22.1 Å². The van der Waals surface area contributed by atoms with Crippen molar-refractivity contribution >= 4 is 23.3 Å². The molecule has 2 aromatic carbocycles. The number of carbonyl (C=O) groups excluding carboxylic acids is 1. The average Bonchev–Trinajstić information content (AvgIpc) is 3.32. The molecule has 1 aliphatic rings. The summed E-state index contributed by atoms with van der Waals surface area (Å²) in [6.45, 7) is 7.87. The van der Waals surface area contributed by atoms with Gasteiger partial charge in [0.1, 0.15) is 5.01 Å². The molecule has 0 N–H and O–H groups in total. The topological polar surface area (TPSA) is 54.9 Å². The molecule has 6 nitrogen and oxygen atoms in total. The second-order valence-electron chi connectivity index (χ2n) is 8.52. The first kappa shape index (κ1) is 24.0. The standard InChI is InChI=1S/C27H31N3O3S/c1-20(2)33-24-11-9-21(17-25(24)32-3)10-12-26(31)30-15-13-29(14-16-30)18-23-19-34-27(28-23)22-7-5-4-6-8-22/h4-12,17,19-20H,13-16,18H2,1-3H3/b12-10+. The zero-order valence-electron chi connectivity index (χ0n) is 19.9. The maximum atomic E-state index is 12.7. The monoisotopic (exact) mass is 477 g/mol. The van der Waals surface area contributed by atoms with Crippen molar-refractivity contribution in [2.75, 3.05) is 33.3 Å². The summed E-state index contributed by atoms with van der Waals surface area (Å²) in [6, 6.07) is 16.0. The van der Waals surface area contributed by atoms with Gasteiger partial charge in [0.05, 0.1) is 18.9 Å². The molecule has 1 aromatic heterocycles. The molecule has 3 aromatic rings. The Bertz CT molecular complexity index is 1120. The quantitative estimate of drug-likeness (QED) is 0.429. The number of amides is 1. The van der Waals surface area contributed by atoms with Crippen LogP contribution in [0.15, 0.2) is 60.0 Å². The van der Waals surface area contributed by atoms with Crippen LogP contribution in [-0.4, -0.2) is 60.1 Å². The molecule has 0 aliphatic carbocycles. The molecular weight excluding hydrogens is 446 g/mol. The van der Waals surface area contributed by atoms with Gasteiger partial charge in [0.15, 0.2) is 11.5 Å². The van der Waals surface area contributed by atoms with Crippen LogP contribution in [0.2, 0.25) is 0 Å². The highest BCUT2D eigenvalue weighted by Crippen LogP contribution is 2.29. The summed E-state index contributed by atoms with van der Waals surface area (Å²) < 4.78 is 11.2. The molecule has 0 unspecified atom stereocenters. The Hall–Kier alpha value is -3.16. The van der Waals surface area contributed by atoms with Crippen LogP contribution in [0, 0.1) is 0 Å². The third kappa shape index (κ3) is 6.24. The van der Waals surface area contributed by atoms with E-state index >= 15 is 0 Å². The normalized spacial score (nSPS) is 14.6. The fraction of sp³-hybridized carbons (Fsp3) is 0.333. The minimum atomic E-state index is 0.0288. The minimum Gasteiger partial charge on any atom is -0.493 e. The van der Waals surface area contributed by atoms with E-state index in [9.17, 15) is 4.79 Å². The fourth-order valence-corrected chi connectivity index (χ4v) is 4.68. The highest BCUT2D eigenvalue weighted by Gasteiger charge is 2.20. The molecule has 0 bridgehead atoms. The lowest BCUT2D eigenvalue weighted by Crippen LogP contribution is -2.47. The van der Waals surface area contributed by atoms with Crippen LogP contribution in [0.5, 0.6) is 11.5 Å². The summed E-state index contributed by atoms with van der Waals surface area (Å²) in [5.41, 5.74) is 3.14. The van der Waals surface area contributed by atoms with Gasteiger partial charge in [0, 0.05) is 49.7 Å². The number of ether oxygens (including phenoxy) is 2. The maximum absolute atomic E-state index is 12.7. The third-order valence-corrected chi connectivity index (χ3v) is 6.55. The van der Waals surface area contributed by atoms with E-state index < -0.39 is 0 Å². The highest BCUT2D eigenvalue weighted by molar-refractivity contribution is 7.13. The van der Waals surface area contributed by atoms with Gasteiger partial charge in [0.2, 0.25) is 5.91 Å². The molecule has 2 heterocycles. The molecule has 1 saturated heterocycles. The maximum Gasteiger partial charge on any atom is 0.246 e. The van der Waals surface area contributed by atoms with Gasteiger partial charge in [-0.1, -0.05) is 36.4 Å². The fourth-order valence-electron chi connectivity index (χ4n) is 3.86. The number of nitrogens with zero attached hydrogens (tertiary/aromatic N) is 3. The first-order valence-electron chi connectivity index (χ1n) is 11.6. The summed E-state index contributed by atoms with van der Waals surface area (Å²) in [5, 5.41) is 3.18. The van der Waals surface area contributed by atoms with Crippen LogP contribution in [0.25, 0.3) is 16.6 Å². The largest absolute Gasteiger partial charge is 0.493 e. The molecule has 178 valence electrons. The first-order chi connectivity index (χ1) is 16.5. The number of piperazine rings is 1. The van der Waals surface area contributed by atoms with Gasteiger partial charge in [-0.15, -0.1) is 11.3 Å². The zero-order chi connectivity index (χ0) is 23.9. The molecule has 1 fully saturated rings. The summed E-state index contributed by atoms with van der Waals surface area (Å²) in [4.78, 5) is 21.8. The van der Waals surface area contributed by atoms with Crippen LogP contribution in [0.1, 0.15) is 25.1 Å². The van der Waals surface area contributed by atoms with Crippen LogP contribution < -0.4 is 9.47 Å². The van der Waals surface area contributed by atoms with Crippen molar-refractivity contribution in [1.82, 2.24) is 14.8 Å². The first-order valence-corrected chi connectivity index (χ1v) is 12.4. The van der Waals surface area contributed by atoms with Crippen molar-refractivity contribution in [3.05, 3.63) is 71.2 Å². The van der Waals surface area contributed by atoms with Gasteiger partial charge >= 0.3 is 0 Å². The summed E-state index contributed by atoms with van der Waals surface area (Å²) in [7, 11) is 1.62. The SMILES string of the molecule is COc1cc(/C=C/C(=O)N2CCN(Cc3csc(-c4ccccc4)n3)CC2)ccc1OC(C)C. The van der Waals surface area contributed by atoms with E-state index in [1.807, 2.05) is 61.2 Å². The Labute approximate surface area is 205 Å². The Balaban J connectivity index is 1.28. The molecule has 0 saturated carbocycles. The van der Waals surface area contributed by atoms with Gasteiger partial charge in [-0.05, 0) is 37.6 Å². The van der Waals surface area contributed by atoms with E-state index in [0.29, 0.717) is 24.6 Å². The van der Waals surface area contributed by atoms with Crippen molar-refractivity contribution in [1.29, 1.82) is 0 Å². The van der Waals surface area contributed by atoms with E-state index in [-0.39, 0.29) is 12.0 Å². The van der Waals surface area contributed by atoms with Gasteiger partial charge in [0.25, 0.3) is 0 Å². The number of thiazole rings is 1. The van der Waals surface area contributed by atoms with Gasteiger partial charge < -0.3 is 14.4 Å². The summed E-state index contributed by atoms with van der Waals surface area (Å²) in [5.74, 6) is 1.39. The molecule has 4 rings (SSSR count). The third-order valence-electron chi connectivity index (χ3n) is 5.61. The predicted molar refractivity (Wildman–Crippen MR) is 137 cm³/mol. The van der Waals surface area contributed by atoms with E-state index in [1.54, 1.807) is 24.5 Å². The molecule has 1 amide bonds. The Kier molecular flexibility index (Phi) is 7.98. The molecule has 34 heavy (non-hydrogen) atoms. The molecule has 0 spiro atoms. The number of hydrogen-bond acceptors (Lipinski definition) is 6. The Morgan fingerprint density at radius 2 is 1.85 bits per heavy atom. The van der Waals surface area contributed by atoms with Gasteiger partial charge in [-0.25, -0.2) is 4.98 Å². The lowest BCUT2D eigenvalue weighted by molar-refractivity contribution is -0.127. The van der Waals surface area contributed by atoms with Crippen molar-refractivity contribution < 1.29 is 14.3 Å². The van der Waals surface area contributed by atoms with Crippen LogP contribution in [-0.2, 0) is 11.3 Å². The molecule has 7 heteroatoms. The van der Waals surface area contributed by atoms with E-state index in [4.69, 9.17) is 14.5 Å². The van der Waals surface area contributed by atoms with E-state index in [1.165, 1.54) is 0 Å². The van der Waals surface area contributed by atoms with E-state index in [0.717, 1.165) is 41.5 Å². The number of benzene rings is 2. The predicted octanol–water partition coefficient (Wildman–Crippen LogP) is 4.96. The second kappa shape index (κ2) is 11.3. The smallest absolute Gasteiger partial charge is 0.246 e. The summed E-state index contributed by atoms with van der Waals surface area (Å²) in [6.07, 6.45) is 3.54. The molecule has 0 atom stereocenters. The number of aromatic nitrogens is 1. The highest BCUT2D eigenvalue weighted by atomic mass is 32.1. The molecular formula is C27H31N3O3S. The summed E-state index contributed by atoms with van der Waals surface area (Å²) >= 11 is 1.68.